The SMILES string of the molecule is Cn1ccc2cccc(CNC(=O)N3CCN(c4ccncc4F)CC3)c21. The van der Waals surface area contributed by atoms with Gasteiger partial charge < -0.3 is 19.7 Å². The summed E-state index contributed by atoms with van der Waals surface area (Å²) in [6, 6.07) is 9.76. The molecule has 3 heterocycles. The summed E-state index contributed by atoms with van der Waals surface area (Å²) in [5, 5.41) is 4.18. The summed E-state index contributed by atoms with van der Waals surface area (Å²) in [4.78, 5) is 20.1. The highest BCUT2D eigenvalue weighted by atomic mass is 19.1. The van der Waals surface area contributed by atoms with Crippen molar-refractivity contribution >= 4 is 22.6 Å². The molecule has 0 aliphatic carbocycles. The molecule has 1 saturated heterocycles. The average Bonchev–Trinajstić information content (AvgIpc) is 3.08. The van der Waals surface area contributed by atoms with Gasteiger partial charge in [0.2, 0.25) is 0 Å². The number of aromatic nitrogens is 2. The Labute approximate surface area is 157 Å². The van der Waals surface area contributed by atoms with E-state index >= 15 is 0 Å². The molecule has 0 saturated carbocycles. The standard InChI is InChI=1S/C20H22FN5O/c1-24-8-6-15-3-2-4-16(19(15)24)13-23-20(27)26-11-9-25(10-12-26)18-5-7-22-14-17(18)21/h2-8,14H,9-13H2,1H3,(H,23,27). The Morgan fingerprint density at radius 2 is 2.00 bits per heavy atom. The lowest BCUT2D eigenvalue weighted by Gasteiger charge is -2.36. The van der Waals surface area contributed by atoms with Gasteiger partial charge in [-0.2, -0.15) is 0 Å². The van der Waals surface area contributed by atoms with Crippen LogP contribution in [0.3, 0.4) is 0 Å². The lowest BCUT2D eigenvalue weighted by atomic mass is 10.1. The maximum Gasteiger partial charge on any atom is 0.317 e. The van der Waals surface area contributed by atoms with E-state index in [0.29, 0.717) is 38.4 Å². The number of carbonyl (C=O) groups is 1. The van der Waals surface area contributed by atoms with Crippen molar-refractivity contribution in [2.45, 2.75) is 6.54 Å². The summed E-state index contributed by atoms with van der Waals surface area (Å²) in [5.74, 6) is -0.328. The Hall–Kier alpha value is -3.09. The number of pyridine rings is 1. The number of rotatable bonds is 3. The van der Waals surface area contributed by atoms with Crippen molar-refractivity contribution in [2.24, 2.45) is 7.05 Å². The molecule has 1 aliphatic rings. The fraction of sp³-hybridized carbons (Fsp3) is 0.300. The highest BCUT2D eigenvalue weighted by molar-refractivity contribution is 5.84. The van der Waals surface area contributed by atoms with E-state index in [0.717, 1.165) is 16.5 Å². The van der Waals surface area contributed by atoms with Gasteiger partial charge in [-0.15, -0.1) is 0 Å². The van der Waals surface area contributed by atoms with Crippen LogP contribution in [0.5, 0.6) is 0 Å². The largest absolute Gasteiger partial charge is 0.366 e. The lowest BCUT2D eigenvalue weighted by molar-refractivity contribution is 0.194. The fourth-order valence-corrected chi connectivity index (χ4v) is 3.64. The molecular formula is C20H22FN5O. The normalized spacial score (nSPS) is 14.6. The summed E-state index contributed by atoms with van der Waals surface area (Å²) in [5.41, 5.74) is 2.77. The molecule has 1 fully saturated rings. The van der Waals surface area contributed by atoms with Gasteiger partial charge in [-0.05, 0) is 23.1 Å². The number of amides is 2. The fourth-order valence-electron chi connectivity index (χ4n) is 3.64. The minimum absolute atomic E-state index is 0.0870. The Morgan fingerprint density at radius 3 is 2.78 bits per heavy atom. The van der Waals surface area contributed by atoms with Gasteiger partial charge in [0, 0.05) is 52.2 Å². The summed E-state index contributed by atoms with van der Waals surface area (Å²) in [7, 11) is 2.01. The number of piperazine rings is 1. The molecule has 0 spiro atoms. The molecule has 1 N–H and O–H groups in total. The molecule has 6 nitrogen and oxygen atoms in total. The van der Waals surface area contributed by atoms with Gasteiger partial charge >= 0.3 is 6.03 Å². The van der Waals surface area contributed by atoms with Crippen LogP contribution in [0, 0.1) is 5.82 Å². The Balaban J connectivity index is 1.36. The van der Waals surface area contributed by atoms with Crippen molar-refractivity contribution in [2.75, 3.05) is 31.1 Å². The predicted octanol–water partition coefficient (Wildman–Crippen LogP) is 2.74. The molecule has 140 valence electrons. The third-order valence-electron chi connectivity index (χ3n) is 5.07. The predicted molar refractivity (Wildman–Crippen MR) is 103 cm³/mol. The minimum atomic E-state index is -0.328. The third-order valence-corrected chi connectivity index (χ3v) is 5.07. The number of para-hydroxylation sites is 1. The quantitative estimate of drug-likeness (QED) is 0.775. The number of carbonyl (C=O) groups excluding carboxylic acids is 1. The summed E-state index contributed by atoms with van der Waals surface area (Å²) in [6.45, 7) is 2.79. The smallest absolute Gasteiger partial charge is 0.317 e. The second-order valence-electron chi connectivity index (χ2n) is 6.74. The topological polar surface area (TPSA) is 53.4 Å². The van der Waals surface area contributed by atoms with Gasteiger partial charge in [-0.3, -0.25) is 4.98 Å². The van der Waals surface area contributed by atoms with Crippen LogP contribution in [0.2, 0.25) is 0 Å². The first kappa shape index (κ1) is 17.3. The molecule has 2 amide bonds. The maximum absolute atomic E-state index is 13.9. The summed E-state index contributed by atoms with van der Waals surface area (Å²) >= 11 is 0. The molecule has 27 heavy (non-hydrogen) atoms. The summed E-state index contributed by atoms with van der Waals surface area (Å²) in [6.07, 6.45) is 4.83. The van der Waals surface area contributed by atoms with E-state index in [4.69, 9.17) is 0 Å². The zero-order valence-corrected chi connectivity index (χ0v) is 15.2. The van der Waals surface area contributed by atoms with Gasteiger partial charge in [0.1, 0.15) is 0 Å². The number of hydrogen-bond acceptors (Lipinski definition) is 3. The van der Waals surface area contributed by atoms with E-state index in [1.807, 2.05) is 30.3 Å². The van der Waals surface area contributed by atoms with E-state index in [1.165, 1.54) is 6.20 Å². The van der Waals surface area contributed by atoms with Crippen LogP contribution < -0.4 is 10.2 Å². The van der Waals surface area contributed by atoms with Gasteiger partial charge in [-0.25, -0.2) is 9.18 Å². The molecule has 3 aromatic rings. The minimum Gasteiger partial charge on any atom is -0.366 e. The van der Waals surface area contributed by atoms with Crippen molar-refractivity contribution in [3.05, 3.63) is 60.3 Å². The zero-order valence-electron chi connectivity index (χ0n) is 15.2. The first-order valence-corrected chi connectivity index (χ1v) is 9.03. The van der Waals surface area contributed by atoms with E-state index in [9.17, 15) is 9.18 Å². The van der Waals surface area contributed by atoms with Crippen LogP contribution >= 0.6 is 0 Å². The third kappa shape index (κ3) is 3.45. The first-order chi connectivity index (χ1) is 13.1. The van der Waals surface area contributed by atoms with Crippen molar-refractivity contribution in [3.63, 3.8) is 0 Å². The number of hydrogen-bond donors (Lipinski definition) is 1. The number of aryl methyl sites for hydroxylation is 1. The van der Waals surface area contributed by atoms with E-state index in [1.54, 1.807) is 17.2 Å². The molecule has 1 aliphatic heterocycles. The highest BCUT2D eigenvalue weighted by Crippen LogP contribution is 2.20. The molecule has 0 bridgehead atoms. The van der Waals surface area contributed by atoms with Crippen LogP contribution in [-0.4, -0.2) is 46.7 Å². The maximum atomic E-state index is 13.9. The molecule has 1 aromatic carbocycles. The Bertz CT molecular complexity index is 962. The molecule has 0 radical (unpaired) electrons. The zero-order chi connectivity index (χ0) is 18.8. The highest BCUT2D eigenvalue weighted by Gasteiger charge is 2.22. The number of benzene rings is 1. The van der Waals surface area contributed by atoms with Crippen LogP contribution in [0.25, 0.3) is 10.9 Å². The number of fused-ring (bicyclic) bond motifs is 1. The number of anilines is 1. The van der Waals surface area contributed by atoms with Crippen molar-refractivity contribution in [1.82, 2.24) is 19.8 Å². The van der Waals surface area contributed by atoms with Gasteiger partial charge in [-0.1, -0.05) is 18.2 Å². The van der Waals surface area contributed by atoms with E-state index in [-0.39, 0.29) is 11.8 Å². The van der Waals surface area contributed by atoms with Crippen LogP contribution in [0.1, 0.15) is 5.56 Å². The molecule has 7 heteroatoms. The van der Waals surface area contributed by atoms with Crippen molar-refractivity contribution in [1.29, 1.82) is 0 Å². The van der Waals surface area contributed by atoms with Gasteiger partial charge in [0.25, 0.3) is 0 Å². The Kier molecular flexibility index (Phi) is 4.66. The second-order valence-corrected chi connectivity index (χ2v) is 6.74. The van der Waals surface area contributed by atoms with Crippen molar-refractivity contribution < 1.29 is 9.18 Å². The second kappa shape index (κ2) is 7.26. The van der Waals surface area contributed by atoms with Crippen LogP contribution in [0.15, 0.2) is 48.9 Å². The molecule has 4 rings (SSSR count). The first-order valence-electron chi connectivity index (χ1n) is 9.03. The number of nitrogens with one attached hydrogen (secondary N) is 1. The van der Waals surface area contributed by atoms with Crippen LogP contribution in [-0.2, 0) is 13.6 Å². The number of halogens is 1. The molecular weight excluding hydrogens is 345 g/mol. The van der Waals surface area contributed by atoms with Crippen molar-refractivity contribution in [3.8, 4) is 0 Å². The van der Waals surface area contributed by atoms with Gasteiger partial charge in [0.15, 0.2) is 5.82 Å². The average molecular weight is 367 g/mol. The lowest BCUT2D eigenvalue weighted by Crippen LogP contribution is -2.51. The number of nitrogens with zero attached hydrogens (tertiary/aromatic N) is 4. The molecule has 2 aromatic heterocycles. The van der Waals surface area contributed by atoms with Gasteiger partial charge in [0.05, 0.1) is 17.4 Å². The van der Waals surface area contributed by atoms with E-state index in [2.05, 4.69) is 27.0 Å². The number of urea groups is 1. The van der Waals surface area contributed by atoms with Crippen LogP contribution in [0.4, 0.5) is 14.9 Å². The Morgan fingerprint density at radius 1 is 1.19 bits per heavy atom. The monoisotopic (exact) mass is 367 g/mol. The summed E-state index contributed by atoms with van der Waals surface area (Å²) < 4.78 is 15.9. The molecule has 0 unspecified atom stereocenters. The molecule has 0 atom stereocenters. The van der Waals surface area contributed by atoms with E-state index < -0.39 is 0 Å².